The summed E-state index contributed by atoms with van der Waals surface area (Å²) >= 11 is 0. The molecule has 1 amide bonds. The first kappa shape index (κ1) is 25.0. The summed E-state index contributed by atoms with van der Waals surface area (Å²) in [5, 5.41) is 14.0. The van der Waals surface area contributed by atoms with Crippen molar-refractivity contribution in [3.63, 3.8) is 0 Å². The van der Waals surface area contributed by atoms with Crippen molar-refractivity contribution >= 4 is 16.9 Å². The van der Waals surface area contributed by atoms with Gasteiger partial charge in [-0.3, -0.25) is 4.79 Å². The van der Waals surface area contributed by atoms with Crippen LogP contribution in [0.25, 0.3) is 11.0 Å². The highest BCUT2D eigenvalue weighted by Crippen LogP contribution is 2.39. The maximum Gasteiger partial charge on any atom is 0.416 e. The van der Waals surface area contributed by atoms with Gasteiger partial charge >= 0.3 is 6.18 Å². The molecule has 1 atom stereocenters. The highest BCUT2D eigenvalue weighted by atomic mass is 19.4. The summed E-state index contributed by atoms with van der Waals surface area (Å²) in [6.45, 7) is 3.63. The molecule has 2 heterocycles. The lowest BCUT2D eigenvalue weighted by Crippen LogP contribution is -2.39. The molecule has 8 heteroatoms. The second-order valence-corrected chi connectivity index (χ2v) is 10.0. The molecule has 34 heavy (non-hydrogen) atoms. The van der Waals surface area contributed by atoms with Crippen LogP contribution in [0.4, 0.5) is 13.2 Å². The first-order chi connectivity index (χ1) is 16.2. The van der Waals surface area contributed by atoms with Gasteiger partial charge in [0.15, 0.2) is 5.76 Å². The third-order valence-electron chi connectivity index (χ3n) is 7.39. The molecular weight excluding hydrogens is 447 g/mol. The van der Waals surface area contributed by atoms with Crippen LogP contribution in [0.5, 0.6) is 0 Å². The quantitative estimate of drug-likeness (QED) is 0.485. The number of benzene rings is 1. The number of carbonyl (C=O) groups excluding carboxylic acids is 1. The number of hydrogen-bond donors (Lipinski definition) is 2. The van der Waals surface area contributed by atoms with Gasteiger partial charge in [0.2, 0.25) is 0 Å². The van der Waals surface area contributed by atoms with Crippen LogP contribution in [-0.2, 0) is 17.3 Å². The SMILES string of the molecule is CCCOCC1(O)CCC(CCC2CCNC(=O)c3oc4ccc(C(F)(F)F)cc4c3C2)CC1. The van der Waals surface area contributed by atoms with Gasteiger partial charge in [0, 0.05) is 24.1 Å². The molecule has 0 bridgehead atoms. The fraction of sp³-hybridized carbons (Fsp3) is 0.654. The molecule has 188 valence electrons. The standard InChI is InChI=1S/C26H34F3NO4/c1-2-13-33-16-25(32)10-7-17(8-11-25)3-4-18-9-12-30-24(31)23-21(14-18)20-15-19(26(27,28)29)5-6-22(20)34-23/h5-6,15,17-18,32H,2-4,7-14,16H2,1H3,(H,30,31). The fourth-order valence-corrected chi connectivity index (χ4v) is 5.34. The Kier molecular flexibility index (Phi) is 7.57. The zero-order valence-electron chi connectivity index (χ0n) is 19.7. The van der Waals surface area contributed by atoms with E-state index in [2.05, 4.69) is 5.32 Å². The number of nitrogens with one attached hydrogen (secondary N) is 1. The Morgan fingerprint density at radius 3 is 2.62 bits per heavy atom. The monoisotopic (exact) mass is 481 g/mol. The first-order valence-corrected chi connectivity index (χ1v) is 12.4. The normalized spacial score (nSPS) is 26.1. The van der Waals surface area contributed by atoms with Crippen molar-refractivity contribution < 1.29 is 32.2 Å². The highest BCUT2D eigenvalue weighted by Gasteiger charge is 2.35. The van der Waals surface area contributed by atoms with Gasteiger partial charge in [0.1, 0.15) is 5.58 Å². The Hall–Kier alpha value is -2.06. The lowest BCUT2D eigenvalue weighted by atomic mass is 9.76. The van der Waals surface area contributed by atoms with Gasteiger partial charge in [-0.1, -0.05) is 13.3 Å². The van der Waals surface area contributed by atoms with E-state index < -0.39 is 17.3 Å². The molecule has 5 nitrogen and oxygen atoms in total. The third-order valence-corrected chi connectivity index (χ3v) is 7.39. The van der Waals surface area contributed by atoms with Crippen molar-refractivity contribution in [1.82, 2.24) is 5.32 Å². The van der Waals surface area contributed by atoms with E-state index in [0.717, 1.165) is 63.5 Å². The van der Waals surface area contributed by atoms with Gasteiger partial charge in [-0.05, 0) is 81.4 Å². The molecule has 4 rings (SSSR count). The Balaban J connectivity index is 1.42. The molecule has 0 spiro atoms. The number of ether oxygens (including phenoxy) is 1. The third kappa shape index (κ3) is 5.77. The van der Waals surface area contributed by atoms with Crippen LogP contribution in [0.3, 0.4) is 0 Å². The lowest BCUT2D eigenvalue weighted by molar-refractivity contribution is -0.137. The van der Waals surface area contributed by atoms with Crippen molar-refractivity contribution in [3.8, 4) is 0 Å². The number of amides is 1. The van der Waals surface area contributed by atoms with E-state index in [4.69, 9.17) is 9.15 Å². The smallest absolute Gasteiger partial charge is 0.416 e. The number of aliphatic hydroxyl groups is 1. The van der Waals surface area contributed by atoms with Gasteiger partial charge < -0.3 is 19.6 Å². The first-order valence-electron chi connectivity index (χ1n) is 12.4. The number of alkyl halides is 3. The number of halogens is 3. The molecule has 1 aromatic heterocycles. The van der Waals surface area contributed by atoms with Crippen LogP contribution in [0.2, 0.25) is 0 Å². The zero-order valence-corrected chi connectivity index (χ0v) is 19.7. The molecule has 2 N–H and O–H groups in total. The van der Waals surface area contributed by atoms with E-state index in [0.29, 0.717) is 48.6 Å². The van der Waals surface area contributed by atoms with Gasteiger partial charge in [0.05, 0.1) is 17.8 Å². The number of rotatable bonds is 7. The van der Waals surface area contributed by atoms with E-state index in [1.54, 1.807) is 0 Å². The van der Waals surface area contributed by atoms with E-state index in [9.17, 15) is 23.1 Å². The summed E-state index contributed by atoms with van der Waals surface area (Å²) in [7, 11) is 0. The molecule has 0 saturated heterocycles. The largest absolute Gasteiger partial charge is 0.451 e. The summed E-state index contributed by atoms with van der Waals surface area (Å²) in [4.78, 5) is 12.5. The summed E-state index contributed by atoms with van der Waals surface area (Å²) in [5.41, 5.74) is -0.572. The predicted molar refractivity (Wildman–Crippen MR) is 123 cm³/mol. The lowest BCUT2D eigenvalue weighted by Gasteiger charge is -2.36. The van der Waals surface area contributed by atoms with Crippen LogP contribution in [0, 0.1) is 11.8 Å². The Morgan fingerprint density at radius 2 is 1.91 bits per heavy atom. The van der Waals surface area contributed by atoms with E-state index in [1.165, 1.54) is 6.07 Å². The van der Waals surface area contributed by atoms with Crippen molar-refractivity contribution in [3.05, 3.63) is 35.1 Å². The predicted octanol–water partition coefficient (Wildman–Crippen LogP) is 5.87. The maximum absolute atomic E-state index is 13.3. The van der Waals surface area contributed by atoms with Gasteiger partial charge in [-0.2, -0.15) is 13.2 Å². The number of furan rings is 1. The van der Waals surface area contributed by atoms with E-state index in [1.807, 2.05) is 6.92 Å². The molecule has 2 aromatic rings. The molecule has 1 fully saturated rings. The fourth-order valence-electron chi connectivity index (χ4n) is 5.34. The maximum atomic E-state index is 13.3. The molecule has 1 unspecified atom stereocenters. The average molecular weight is 482 g/mol. The number of carbonyl (C=O) groups is 1. The van der Waals surface area contributed by atoms with Crippen LogP contribution in [0.15, 0.2) is 22.6 Å². The molecular formula is C26H34F3NO4. The second kappa shape index (κ2) is 10.3. The number of hydrogen-bond acceptors (Lipinski definition) is 4. The summed E-state index contributed by atoms with van der Waals surface area (Å²) in [6, 6.07) is 3.40. The van der Waals surface area contributed by atoms with Crippen molar-refractivity contribution in [2.24, 2.45) is 11.8 Å². The molecule has 0 radical (unpaired) electrons. The minimum absolute atomic E-state index is 0.133. The van der Waals surface area contributed by atoms with Crippen LogP contribution >= 0.6 is 0 Å². The van der Waals surface area contributed by atoms with Gasteiger partial charge in [0.25, 0.3) is 5.91 Å². The molecule has 1 aliphatic heterocycles. The highest BCUT2D eigenvalue weighted by molar-refractivity contribution is 5.99. The average Bonchev–Trinajstić information content (AvgIpc) is 3.14. The topological polar surface area (TPSA) is 71.7 Å². The van der Waals surface area contributed by atoms with Crippen molar-refractivity contribution in [2.45, 2.75) is 76.5 Å². The molecule has 1 saturated carbocycles. The van der Waals surface area contributed by atoms with E-state index >= 15 is 0 Å². The van der Waals surface area contributed by atoms with Gasteiger partial charge in [-0.15, -0.1) is 0 Å². The van der Waals surface area contributed by atoms with Crippen LogP contribution < -0.4 is 5.32 Å². The van der Waals surface area contributed by atoms with Gasteiger partial charge in [-0.25, -0.2) is 0 Å². The molecule has 1 aromatic carbocycles. The summed E-state index contributed by atoms with van der Waals surface area (Å²) in [6.07, 6.45) is 3.08. The minimum atomic E-state index is -4.45. The van der Waals surface area contributed by atoms with Crippen molar-refractivity contribution in [1.29, 1.82) is 0 Å². The molecule has 2 aliphatic rings. The Bertz CT molecular complexity index is 992. The van der Waals surface area contributed by atoms with Crippen molar-refractivity contribution in [2.75, 3.05) is 19.8 Å². The summed E-state index contributed by atoms with van der Waals surface area (Å²) < 4.78 is 51.1. The second-order valence-electron chi connectivity index (χ2n) is 10.0. The summed E-state index contributed by atoms with van der Waals surface area (Å²) in [5.74, 6) is 0.524. The van der Waals surface area contributed by atoms with Crippen LogP contribution in [-0.4, -0.2) is 36.4 Å². The Labute approximate surface area is 198 Å². The minimum Gasteiger partial charge on any atom is -0.451 e. The Morgan fingerprint density at radius 1 is 1.18 bits per heavy atom. The van der Waals surface area contributed by atoms with E-state index in [-0.39, 0.29) is 17.6 Å². The van der Waals surface area contributed by atoms with Crippen LogP contribution in [0.1, 0.15) is 80.0 Å². The number of fused-ring (bicyclic) bond motifs is 3. The zero-order chi connectivity index (χ0) is 24.3. The molecule has 1 aliphatic carbocycles.